The van der Waals surface area contributed by atoms with Gasteiger partial charge in [-0.2, -0.15) is 0 Å². The molecule has 0 saturated heterocycles. The molecule has 0 aliphatic carbocycles. The van der Waals surface area contributed by atoms with Crippen LogP contribution in [-0.2, 0) is 11.3 Å². The van der Waals surface area contributed by atoms with E-state index in [2.05, 4.69) is 42.2 Å². The van der Waals surface area contributed by atoms with E-state index in [4.69, 9.17) is 4.84 Å². The predicted octanol–water partition coefficient (Wildman–Crippen LogP) is 3.45. The number of benzene rings is 1. The molecule has 20 heavy (non-hydrogen) atoms. The minimum atomic E-state index is -0.135. The van der Waals surface area contributed by atoms with Crippen molar-refractivity contribution in [2.24, 2.45) is 10.6 Å². The maximum absolute atomic E-state index is 5.58. The van der Waals surface area contributed by atoms with E-state index >= 15 is 0 Å². The molecular weight excluding hydrogens is 248 g/mol. The van der Waals surface area contributed by atoms with Crippen molar-refractivity contribution in [3.8, 4) is 0 Å². The number of oxime groups is 1. The first kappa shape index (κ1) is 12.9. The van der Waals surface area contributed by atoms with E-state index in [9.17, 15) is 0 Å². The molecule has 3 heteroatoms. The number of hydrogen-bond acceptors (Lipinski definition) is 3. The Kier molecular flexibility index (Phi) is 3.26. The highest BCUT2D eigenvalue weighted by Gasteiger charge is 2.44. The van der Waals surface area contributed by atoms with Gasteiger partial charge in [0.05, 0.1) is 11.1 Å². The van der Waals surface area contributed by atoms with Crippen molar-refractivity contribution in [1.29, 1.82) is 0 Å². The fraction of sp³-hybridized carbons (Fsp3) is 0.294. The molecular formula is C17H18N2O. The molecule has 1 aliphatic heterocycles. The van der Waals surface area contributed by atoms with Crippen molar-refractivity contribution in [2.75, 3.05) is 0 Å². The fourth-order valence-corrected chi connectivity index (χ4v) is 2.68. The van der Waals surface area contributed by atoms with Gasteiger partial charge in [-0.05, 0) is 31.9 Å². The van der Waals surface area contributed by atoms with Gasteiger partial charge in [0.15, 0.2) is 0 Å². The van der Waals surface area contributed by atoms with E-state index in [0.29, 0.717) is 0 Å². The zero-order valence-electron chi connectivity index (χ0n) is 11.8. The van der Waals surface area contributed by atoms with Crippen LogP contribution in [0.15, 0.2) is 60.0 Å². The highest BCUT2D eigenvalue weighted by molar-refractivity contribution is 6.05. The summed E-state index contributed by atoms with van der Waals surface area (Å²) in [6, 6.07) is 14.3. The van der Waals surface area contributed by atoms with Crippen LogP contribution in [0, 0.1) is 5.41 Å². The molecule has 0 N–H and O–H groups in total. The van der Waals surface area contributed by atoms with Gasteiger partial charge in [-0.15, -0.1) is 0 Å². The highest BCUT2D eigenvalue weighted by Crippen LogP contribution is 2.38. The molecule has 2 heterocycles. The third-order valence-corrected chi connectivity index (χ3v) is 4.08. The molecule has 0 bridgehead atoms. The lowest BCUT2D eigenvalue weighted by atomic mass is 9.73. The molecule has 2 unspecified atom stereocenters. The monoisotopic (exact) mass is 266 g/mol. The summed E-state index contributed by atoms with van der Waals surface area (Å²) in [7, 11) is 0. The van der Waals surface area contributed by atoms with Gasteiger partial charge in [0.1, 0.15) is 6.10 Å². The molecule has 2 atom stereocenters. The van der Waals surface area contributed by atoms with E-state index in [1.54, 1.807) is 6.20 Å². The Balaban J connectivity index is 1.95. The molecule has 1 aliphatic rings. The van der Waals surface area contributed by atoms with Gasteiger partial charge < -0.3 is 4.84 Å². The Morgan fingerprint density at radius 1 is 1.15 bits per heavy atom. The Morgan fingerprint density at radius 2 is 1.95 bits per heavy atom. The van der Waals surface area contributed by atoms with Crippen LogP contribution in [0.1, 0.15) is 25.0 Å². The minimum Gasteiger partial charge on any atom is -0.392 e. The van der Waals surface area contributed by atoms with E-state index in [1.165, 1.54) is 5.56 Å². The third kappa shape index (κ3) is 2.20. The SMILES string of the molecule is CC1ON=C(c2ccccc2)C1(C)Cc1cccnc1. The van der Waals surface area contributed by atoms with Crippen molar-refractivity contribution in [3.63, 3.8) is 0 Å². The maximum Gasteiger partial charge on any atom is 0.136 e. The van der Waals surface area contributed by atoms with Crippen LogP contribution >= 0.6 is 0 Å². The van der Waals surface area contributed by atoms with Gasteiger partial charge in [0.25, 0.3) is 0 Å². The largest absolute Gasteiger partial charge is 0.392 e. The lowest BCUT2D eigenvalue weighted by Crippen LogP contribution is -2.36. The molecule has 1 aromatic carbocycles. The quantitative estimate of drug-likeness (QED) is 0.852. The third-order valence-electron chi connectivity index (χ3n) is 4.08. The lowest BCUT2D eigenvalue weighted by Gasteiger charge is -2.28. The van der Waals surface area contributed by atoms with Gasteiger partial charge in [-0.3, -0.25) is 4.98 Å². The predicted molar refractivity (Wildman–Crippen MR) is 79.6 cm³/mol. The number of rotatable bonds is 3. The number of pyridine rings is 1. The summed E-state index contributed by atoms with van der Waals surface area (Å²) >= 11 is 0. The molecule has 102 valence electrons. The van der Waals surface area contributed by atoms with Crippen molar-refractivity contribution < 1.29 is 4.84 Å². The van der Waals surface area contributed by atoms with Gasteiger partial charge in [-0.1, -0.05) is 41.6 Å². The molecule has 3 nitrogen and oxygen atoms in total. The zero-order chi connectivity index (χ0) is 14.0. The van der Waals surface area contributed by atoms with Crippen LogP contribution in [0.4, 0.5) is 0 Å². The van der Waals surface area contributed by atoms with Crippen LogP contribution < -0.4 is 0 Å². The lowest BCUT2D eigenvalue weighted by molar-refractivity contribution is 0.0446. The average Bonchev–Trinajstić information content (AvgIpc) is 2.77. The number of aromatic nitrogens is 1. The Labute approximate surface area is 119 Å². The summed E-state index contributed by atoms with van der Waals surface area (Å²) < 4.78 is 0. The van der Waals surface area contributed by atoms with Crippen LogP contribution in [-0.4, -0.2) is 16.8 Å². The first-order valence-electron chi connectivity index (χ1n) is 6.89. The summed E-state index contributed by atoms with van der Waals surface area (Å²) in [6.45, 7) is 4.29. The topological polar surface area (TPSA) is 34.5 Å². The van der Waals surface area contributed by atoms with Gasteiger partial charge >= 0.3 is 0 Å². The molecule has 2 aromatic rings. The first-order valence-corrected chi connectivity index (χ1v) is 6.89. The fourth-order valence-electron chi connectivity index (χ4n) is 2.68. The smallest absolute Gasteiger partial charge is 0.136 e. The minimum absolute atomic E-state index is 0.0536. The van der Waals surface area contributed by atoms with Gasteiger partial charge in [0, 0.05) is 18.0 Å². The van der Waals surface area contributed by atoms with E-state index in [1.807, 2.05) is 30.5 Å². The Morgan fingerprint density at radius 3 is 2.65 bits per heavy atom. The molecule has 1 aromatic heterocycles. The molecule has 3 rings (SSSR count). The normalized spacial score (nSPS) is 25.1. The van der Waals surface area contributed by atoms with Crippen LogP contribution in [0.25, 0.3) is 0 Å². The summed E-state index contributed by atoms with van der Waals surface area (Å²) in [6.07, 6.45) is 4.64. The van der Waals surface area contributed by atoms with Crippen LogP contribution in [0.5, 0.6) is 0 Å². The summed E-state index contributed by atoms with van der Waals surface area (Å²) in [5.74, 6) is 0. The zero-order valence-corrected chi connectivity index (χ0v) is 11.8. The van der Waals surface area contributed by atoms with Crippen LogP contribution in [0.2, 0.25) is 0 Å². The van der Waals surface area contributed by atoms with Gasteiger partial charge in [0.2, 0.25) is 0 Å². The molecule has 0 spiro atoms. The standard InChI is InChI=1S/C17H18N2O/c1-13-17(2,11-14-7-6-10-18-12-14)16(19-20-13)15-8-4-3-5-9-15/h3-10,12-13H,11H2,1-2H3. The Hall–Kier alpha value is -2.16. The van der Waals surface area contributed by atoms with Crippen molar-refractivity contribution >= 4 is 5.71 Å². The number of hydrogen-bond donors (Lipinski definition) is 0. The Bertz CT molecular complexity index is 609. The second-order valence-corrected chi connectivity index (χ2v) is 5.51. The van der Waals surface area contributed by atoms with Crippen molar-refractivity contribution in [2.45, 2.75) is 26.4 Å². The maximum atomic E-state index is 5.58. The highest BCUT2D eigenvalue weighted by atomic mass is 16.6. The molecule has 0 saturated carbocycles. The first-order chi connectivity index (χ1) is 9.70. The molecule has 0 fully saturated rings. The van der Waals surface area contributed by atoms with Gasteiger partial charge in [-0.25, -0.2) is 0 Å². The molecule has 0 amide bonds. The average molecular weight is 266 g/mol. The van der Waals surface area contributed by atoms with E-state index in [-0.39, 0.29) is 11.5 Å². The van der Waals surface area contributed by atoms with Crippen molar-refractivity contribution in [1.82, 2.24) is 4.98 Å². The van der Waals surface area contributed by atoms with Crippen molar-refractivity contribution in [3.05, 3.63) is 66.0 Å². The summed E-state index contributed by atoms with van der Waals surface area (Å²) in [5, 5.41) is 4.33. The second kappa shape index (κ2) is 5.08. The van der Waals surface area contributed by atoms with Crippen LogP contribution in [0.3, 0.4) is 0 Å². The summed E-state index contributed by atoms with van der Waals surface area (Å²) in [4.78, 5) is 9.78. The van der Waals surface area contributed by atoms with E-state index in [0.717, 1.165) is 17.7 Å². The number of nitrogens with zero attached hydrogens (tertiary/aromatic N) is 2. The van der Waals surface area contributed by atoms with E-state index < -0.39 is 0 Å². The summed E-state index contributed by atoms with van der Waals surface area (Å²) in [5.41, 5.74) is 3.22. The second-order valence-electron chi connectivity index (χ2n) is 5.51. The molecule has 0 radical (unpaired) electrons.